The number of hydrogen-bond donors (Lipinski definition) is 1. The number of nitro groups is 1. The molecule has 6 rings (SSSR count). The molecule has 3 aliphatic heterocycles. The van der Waals surface area contributed by atoms with Crippen LogP contribution >= 0.6 is 0 Å². The third-order valence-electron chi connectivity index (χ3n) is 8.10. The van der Waals surface area contributed by atoms with Gasteiger partial charge >= 0.3 is 11.8 Å². The first-order valence-electron chi connectivity index (χ1n) is 13.6. The molecule has 1 spiro atoms. The Labute approximate surface area is 226 Å². The summed E-state index contributed by atoms with van der Waals surface area (Å²) in [6.07, 6.45) is 7.90. The van der Waals surface area contributed by atoms with E-state index in [1.807, 2.05) is 30.5 Å². The molecule has 12 nitrogen and oxygen atoms in total. The first-order valence-corrected chi connectivity index (χ1v) is 13.6. The van der Waals surface area contributed by atoms with Crippen LogP contribution in [-0.2, 0) is 4.79 Å². The van der Waals surface area contributed by atoms with E-state index in [1.165, 1.54) is 6.07 Å². The zero-order chi connectivity index (χ0) is 27.6. The minimum atomic E-state index is -0.472. The number of piperidine rings is 2. The smallest absolute Gasteiger partial charge is 0.363 e. The summed E-state index contributed by atoms with van der Waals surface area (Å²) in [6.45, 7) is 8.02. The van der Waals surface area contributed by atoms with Crippen molar-refractivity contribution in [2.24, 2.45) is 5.41 Å². The number of aromatic nitrogens is 3. The molecule has 0 radical (unpaired) electrons. The van der Waals surface area contributed by atoms with Gasteiger partial charge in [0.2, 0.25) is 5.91 Å². The molecule has 3 aromatic heterocycles. The standard InChI is InChI=1S/C25H28N8O4.C2H6/c34-22-6-11-31(24(35)28-22)20-17-27-32-19(20)2-1-3-23(32)30-14-9-25(10-15-30)7-12-29(13-8-25)18-4-5-21(26-16-18)33(36)37;1-2/h1-5,16-17H,6-15H2,(H,28,34,35);1-2H3. The van der Waals surface area contributed by atoms with Crippen molar-refractivity contribution in [3.05, 3.63) is 52.8 Å². The lowest BCUT2D eigenvalue weighted by atomic mass is 9.71. The Morgan fingerprint density at radius 1 is 0.923 bits per heavy atom. The van der Waals surface area contributed by atoms with Gasteiger partial charge in [-0.2, -0.15) is 5.10 Å². The molecule has 206 valence electrons. The highest BCUT2D eigenvalue weighted by Crippen LogP contribution is 2.43. The van der Waals surface area contributed by atoms with Gasteiger partial charge in [-0.3, -0.25) is 15.0 Å². The van der Waals surface area contributed by atoms with Crippen LogP contribution in [0.2, 0.25) is 0 Å². The summed E-state index contributed by atoms with van der Waals surface area (Å²) in [6, 6.07) is 8.85. The first-order chi connectivity index (χ1) is 18.9. The van der Waals surface area contributed by atoms with E-state index < -0.39 is 11.0 Å². The number of hydrogen-bond acceptors (Lipinski definition) is 8. The number of nitrogens with one attached hydrogen (secondary N) is 1. The van der Waals surface area contributed by atoms with Crippen LogP contribution in [0.4, 0.5) is 27.8 Å². The second kappa shape index (κ2) is 10.9. The minimum absolute atomic E-state index is 0.127. The lowest BCUT2D eigenvalue weighted by Crippen LogP contribution is -2.49. The first kappa shape index (κ1) is 26.4. The molecule has 3 saturated heterocycles. The molecule has 0 unspecified atom stereocenters. The number of imide groups is 1. The van der Waals surface area contributed by atoms with Crippen LogP contribution < -0.4 is 20.0 Å². The number of pyridine rings is 2. The molecule has 3 aromatic rings. The van der Waals surface area contributed by atoms with Gasteiger partial charge in [0.25, 0.3) is 0 Å². The van der Waals surface area contributed by atoms with Crippen LogP contribution in [0.3, 0.4) is 0 Å². The SMILES string of the molecule is CC.O=C1CCN(c2cnn3c(N4CCC5(CCN(c6ccc([N+](=O)[O-])nc6)CC5)CC4)cccc23)C(=O)N1. The fourth-order valence-corrected chi connectivity index (χ4v) is 5.85. The summed E-state index contributed by atoms with van der Waals surface area (Å²) in [5.74, 6) is 0.621. The van der Waals surface area contributed by atoms with Crippen LogP contribution in [0.5, 0.6) is 0 Å². The van der Waals surface area contributed by atoms with Gasteiger partial charge in [-0.25, -0.2) is 9.31 Å². The van der Waals surface area contributed by atoms with E-state index in [0.29, 0.717) is 17.6 Å². The summed E-state index contributed by atoms with van der Waals surface area (Å²) in [7, 11) is 0. The van der Waals surface area contributed by atoms with Crippen molar-refractivity contribution in [1.29, 1.82) is 0 Å². The van der Waals surface area contributed by atoms with Crippen molar-refractivity contribution in [2.45, 2.75) is 46.0 Å². The highest BCUT2D eigenvalue weighted by atomic mass is 16.6. The van der Waals surface area contributed by atoms with E-state index in [-0.39, 0.29) is 18.1 Å². The van der Waals surface area contributed by atoms with Crippen molar-refractivity contribution in [2.75, 3.05) is 47.4 Å². The monoisotopic (exact) mass is 534 g/mol. The van der Waals surface area contributed by atoms with Gasteiger partial charge in [-0.05, 0) is 59.2 Å². The van der Waals surface area contributed by atoms with Crippen molar-refractivity contribution in [3.8, 4) is 0 Å². The fraction of sp³-hybridized carbons (Fsp3) is 0.481. The fourth-order valence-electron chi connectivity index (χ4n) is 5.85. The van der Waals surface area contributed by atoms with E-state index in [2.05, 4.69) is 31.3 Å². The summed E-state index contributed by atoms with van der Waals surface area (Å²) >= 11 is 0. The molecule has 39 heavy (non-hydrogen) atoms. The lowest BCUT2D eigenvalue weighted by Gasteiger charge is -2.47. The number of carbonyl (C=O) groups is 2. The second-order valence-corrected chi connectivity index (χ2v) is 10.1. The second-order valence-electron chi connectivity index (χ2n) is 10.1. The molecule has 0 bridgehead atoms. The average molecular weight is 535 g/mol. The average Bonchev–Trinajstić information content (AvgIpc) is 3.39. The molecule has 3 fully saturated rings. The zero-order valence-electron chi connectivity index (χ0n) is 22.4. The van der Waals surface area contributed by atoms with Gasteiger partial charge in [-0.1, -0.05) is 19.9 Å². The summed E-state index contributed by atoms with van der Waals surface area (Å²) in [5, 5.41) is 17.9. The topological polar surface area (TPSA) is 129 Å². The molecule has 12 heteroatoms. The molecule has 0 atom stereocenters. The van der Waals surface area contributed by atoms with Crippen molar-refractivity contribution < 1.29 is 14.5 Å². The number of amides is 3. The molecular weight excluding hydrogens is 500 g/mol. The Morgan fingerprint density at radius 2 is 1.62 bits per heavy atom. The number of carbonyl (C=O) groups excluding carboxylic acids is 2. The Hall–Kier alpha value is -4.22. The molecule has 6 heterocycles. The predicted octanol–water partition coefficient (Wildman–Crippen LogP) is 4.00. The van der Waals surface area contributed by atoms with Crippen molar-refractivity contribution in [3.63, 3.8) is 0 Å². The Balaban J connectivity index is 0.00000151. The van der Waals surface area contributed by atoms with Gasteiger partial charge in [0.1, 0.15) is 5.82 Å². The van der Waals surface area contributed by atoms with Crippen LogP contribution in [0.15, 0.2) is 42.7 Å². The zero-order valence-corrected chi connectivity index (χ0v) is 22.4. The molecule has 3 amide bonds. The van der Waals surface area contributed by atoms with Crippen LogP contribution in [0.1, 0.15) is 46.0 Å². The van der Waals surface area contributed by atoms with Gasteiger partial charge in [0, 0.05) is 45.2 Å². The third kappa shape index (κ3) is 5.10. The molecular formula is C27H34N8O4. The number of urea groups is 1. The maximum absolute atomic E-state index is 12.4. The molecule has 0 saturated carbocycles. The van der Waals surface area contributed by atoms with Crippen molar-refractivity contribution in [1.82, 2.24) is 19.9 Å². The van der Waals surface area contributed by atoms with Gasteiger partial charge in [0.05, 0.1) is 23.1 Å². The van der Waals surface area contributed by atoms with Gasteiger partial charge < -0.3 is 19.9 Å². The van der Waals surface area contributed by atoms with Crippen LogP contribution in [0.25, 0.3) is 5.52 Å². The maximum Gasteiger partial charge on any atom is 0.363 e. The van der Waals surface area contributed by atoms with Crippen LogP contribution in [-0.4, -0.2) is 64.2 Å². The van der Waals surface area contributed by atoms with Crippen molar-refractivity contribution >= 4 is 40.5 Å². The Morgan fingerprint density at radius 3 is 2.23 bits per heavy atom. The number of rotatable bonds is 4. The predicted molar refractivity (Wildman–Crippen MR) is 148 cm³/mol. The quantitative estimate of drug-likeness (QED) is 0.393. The number of nitrogens with zero attached hydrogens (tertiary/aromatic N) is 7. The molecule has 0 aliphatic carbocycles. The minimum Gasteiger partial charge on any atom is -0.368 e. The Kier molecular flexibility index (Phi) is 7.36. The summed E-state index contributed by atoms with van der Waals surface area (Å²) in [5.41, 5.74) is 2.77. The highest BCUT2D eigenvalue weighted by molar-refractivity contribution is 6.07. The summed E-state index contributed by atoms with van der Waals surface area (Å²) in [4.78, 5) is 44.5. The van der Waals surface area contributed by atoms with Gasteiger partial charge in [-0.15, -0.1) is 0 Å². The van der Waals surface area contributed by atoms with E-state index in [0.717, 1.165) is 68.9 Å². The number of fused-ring (bicyclic) bond motifs is 1. The molecule has 0 aromatic carbocycles. The third-order valence-corrected chi connectivity index (χ3v) is 8.10. The van der Waals surface area contributed by atoms with E-state index in [9.17, 15) is 19.7 Å². The normalized spacial score (nSPS) is 19.1. The highest BCUT2D eigenvalue weighted by Gasteiger charge is 2.38. The largest absolute Gasteiger partial charge is 0.368 e. The molecule has 3 aliphatic rings. The van der Waals surface area contributed by atoms with Crippen LogP contribution in [0, 0.1) is 15.5 Å². The van der Waals surface area contributed by atoms with E-state index in [1.54, 1.807) is 23.4 Å². The van der Waals surface area contributed by atoms with E-state index >= 15 is 0 Å². The molecule has 1 N–H and O–H groups in total. The Bertz CT molecular complexity index is 1350. The maximum atomic E-state index is 12.4. The summed E-state index contributed by atoms with van der Waals surface area (Å²) < 4.78 is 1.89. The van der Waals surface area contributed by atoms with Gasteiger partial charge in [0.15, 0.2) is 6.20 Å². The van der Waals surface area contributed by atoms with E-state index in [4.69, 9.17) is 0 Å². The number of anilines is 3. The lowest BCUT2D eigenvalue weighted by molar-refractivity contribution is -0.389.